The van der Waals surface area contributed by atoms with Gasteiger partial charge in [0, 0.05) is 17.5 Å². The van der Waals surface area contributed by atoms with Gasteiger partial charge in [-0.15, -0.1) is 11.3 Å². The molecule has 2 aromatic rings. The number of carbonyl (C=O) groups is 1. The van der Waals surface area contributed by atoms with Gasteiger partial charge in [0.1, 0.15) is 10.4 Å². The van der Waals surface area contributed by atoms with E-state index < -0.39 is 5.60 Å². The number of ether oxygens (including phenoxy) is 1. The fourth-order valence-corrected chi connectivity index (χ4v) is 4.89. The molecule has 4 rings (SSSR count). The van der Waals surface area contributed by atoms with Gasteiger partial charge >= 0.3 is 6.09 Å². The summed E-state index contributed by atoms with van der Waals surface area (Å²) in [6.45, 7) is 6.62. The van der Waals surface area contributed by atoms with Crippen molar-refractivity contribution in [2.24, 2.45) is 0 Å². The molecular formula is C17H21N3O3S2. The number of thiophene rings is 1. The maximum absolute atomic E-state index is 12.9. The molecule has 1 fully saturated rings. The molecule has 1 aliphatic carbocycles. The molecular weight excluding hydrogens is 358 g/mol. The lowest BCUT2D eigenvalue weighted by Gasteiger charge is -2.29. The number of carbonyl (C=O) groups excluding carboxylic acids is 1. The predicted octanol–water partition coefficient (Wildman–Crippen LogP) is 3.75. The van der Waals surface area contributed by atoms with Crippen molar-refractivity contribution in [1.82, 2.24) is 14.5 Å². The van der Waals surface area contributed by atoms with E-state index in [2.05, 4.69) is 4.98 Å². The molecule has 0 bridgehead atoms. The normalized spacial score (nSPS) is 17.6. The van der Waals surface area contributed by atoms with Crippen LogP contribution in [-0.2, 0) is 17.7 Å². The number of aromatic amines is 1. The zero-order chi connectivity index (χ0) is 17.9. The van der Waals surface area contributed by atoms with Crippen LogP contribution in [0.1, 0.15) is 50.1 Å². The molecule has 1 saturated carbocycles. The summed E-state index contributed by atoms with van der Waals surface area (Å²) in [6.07, 6.45) is 2.39. The maximum atomic E-state index is 12.9. The van der Waals surface area contributed by atoms with Crippen LogP contribution in [0.3, 0.4) is 0 Å². The molecule has 25 heavy (non-hydrogen) atoms. The predicted molar refractivity (Wildman–Crippen MR) is 99.9 cm³/mol. The molecule has 3 heterocycles. The van der Waals surface area contributed by atoms with Gasteiger partial charge in [0.2, 0.25) is 0 Å². The zero-order valence-corrected chi connectivity index (χ0v) is 16.2. The van der Waals surface area contributed by atoms with Crippen molar-refractivity contribution in [3.8, 4) is 0 Å². The Bertz CT molecular complexity index is 976. The highest BCUT2D eigenvalue weighted by Gasteiger charge is 2.31. The van der Waals surface area contributed by atoms with Crippen molar-refractivity contribution in [3.05, 3.63) is 25.6 Å². The molecule has 2 aliphatic rings. The van der Waals surface area contributed by atoms with Gasteiger partial charge in [-0.05, 0) is 57.8 Å². The molecule has 1 N–H and O–H groups in total. The van der Waals surface area contributed by atoms with E-state index in [0.717, 1.165) is 33.5 Å². The molecule has 0 radical (unpaired) electrons. The van der Waals surface area contributed by atoms with Crippen molar-refractivity contribution in [2.75, 3.05) is 6.54 Å². The lowest BCUT2D eigenvalue weighted by molar-refractivity contribution is 0.0227. The minimum absolute atomic E-state index is 0.0180. The van der Waals surface area contributed by atoms with Crippen LogP contribution in [0, 0.1) is 4.77 Å². The van der Waals surface area contributed by atoms with Gasteiger partial charge in [0.15, 0.2) is 4.77 Å². The molecule has 0 unspecified atom stereocenters. The van der Waals surface area contributed by atoms with Gasteiger partial charge in [-0.1, -0.05) is 0 Å². The standard InChI is InChI=1S/C17H21N3O3S2/c1-17(2,3)23-16(22)19-7-6-10-11(8-19)25-13-12(10)14(21)20(9-4-5-9)15(24)18-13/h9H,4-8H2,1-3H3,(H,18,24). The second-order valence-electron chi connectivity index (χ2n) is 7.70. The summed E-state index contributed by atoms with van der Waals surface area (Å²) in [5.74, 6) is 0. The smallest absolute Gasteiger partial charge is 0.410 e. The third-order valence-electron chi connectivity index (χ3n) is 4.49. The Balaban J connectivity index is 1.71. The Morgan fingerprint density at radius 1 is 1.36 bits per heavy atom. The highest BCUT2D eigenvalue weighted by atomic mass is 32.1. The van der Waals surface area contributed by atoms with Crippen LogP contribution < -0.4 is 5.56 Å². The summed E-state index contributed by atoms with van der Waals surface area (Å²) >= 11 is 6.90. The Kier molecular flexibility index (Phi) is 3.81. The lowest BCUT2D eigenvalue weighted by atomic mass is 10.1. The van der Waals surface area contributed by atoms with Gasteiger partial charge in [-0.3, -0.25) is 9.36 Å². The Morgan fingerprint density at radius 3 is 2.72 bits per heavy atom. The molecule has 8 heteroatoms. The molecule has 1 amide bonds. The van der Waals surface area contributed by atoms with Crippen molar-refractivity contribution >= 4 is 39.9 Å². The topological polar surface area (TPSA) is 67.3 Å². The van der Waals surface area contributed by atoms with E-state index >= 15 is 0 Å². The number of fused-ring (bicyclic) bond motifs is 3. The van der Waals surface area contributed by atoms with Gasteiger partial charge in [-0.25, -0.2) is 4.79 Å². The van der Waals surface area contributed by atoms with Crippen LogP contribution in [0.4, 0.5) is 4.79 Å². The van der Waals surface area contributed by atoms with E-state index in [1.807, 2.05) is 20.8 Å². The largest absolute Gasteiger partial charge is 0.444 e. The first-order valence-electron chi connectivity index (χ1n) is 8.51. The van der Waals surface area contributed by atoms with Gasteiger partial charge in [0.05, 0.1) is 11.9 Å². The number of aromatic nitrogens is 2. The van der Waals surface area contributed by atoms with Crippen LogP contribution in [0.5, 0.6) is 0 Å². The Labute approximate surface area is 154 Å². The van der Waals surface area contributed by atoms with Crippen LogP contribution >= 0.6 is 23.6 Å². The number of nitrogens with one attached hydrogen (secondary N) is 1. The number of hydrogen-bond donors (Lipinski definition) is 1. The second kappa shape index (κ2) is 5.67. The first-order chi connectivity index (χ1) is 11.7. The minimum Gasteiger partial charge on any atom is -0.444 e. The summed E-state index contributed by atoms with van der Waals surface area (Å²) < 4.78 is 7.70. The minimum atomic E-state index is -0.513. The fourth-order valence-electron chi connectivity index (χ4n) is 3.23. The number of amides is 1. The molecule has 0 atom stereocenters. The molecule has 1 aliphatic heterocycles. The monoisotopic (exact) mass is 379 g/mol. The molecule has 0 spiro atoms. The molecule has 134 valence electrons. The lowest BCUT2D eigenvalue weighted by Crippen LogP contribution is -2.39. The molecule has 6 nitrogen and oxygen atoms in total. The van der Waals surface area contributed by atoms with Gasteiger partial charge in [-0.2, -0.15) is 0 Å². The first-order valence-corrected chi connectivity index (χ1v) is 9.74. The van der Waals surface area contributed by atoms with Crippen molar-refractivity contribution in [3.63, 3.8) is 0 Å². The van der Waals surface area contributed by atoms with Crippen LogP contribution in [0.2, 0.25) is 0 Å². The summed E-state index contributed by atoms with van der Waals surface area (Å²) in [5, 5.41) is 0.754. The second-order valence-corrected chi connectivity index (χ2v) is 9.19. The van der Waals surface area contributed by atoms with Crippen LogP contribution in [0.25, 0.3) is 10.2 Å². The highest BCUT2D eigenvalue weighted by molar-refractivity contribution is 7.71. The number of rotatable bonds is 1. The molecule has 2 aromatic heterocycles. The van der Waals surface area contributed by atoms with Crippen molar-refractivity contribution < 1.29 is 9.53 Å². The highest BCUT2D eigenvalue weighted by Crippen LogP contribution is 2.36. The van der Waals surface area contributed by atoms with Crippen molar-refractivity contribution in [2.45, 2.75) is 58.2 Å². The van der Waals surface area contributed by atoms with E-state index in [4.69, 9.17) is 17.0 Å². The average molecular weight is 380 g/mol. The summed E-state index contributed by atoms with van der Waals surface area (Å²) in [7, 11) is 0. The fraction of sp³-hybridized carbons (Fsp3) is 0.588. The average Bonchev–Trinajstić information content (AvgIpc) is 3.24. The summed E-state index contributed by atoms with van der Waals surface area (Å²) in [6, 6.07) is 0.248. The summed E-state index contributed by atoms with van der Waals surface area (Å²) in [5.41, 5.74) is 0.565. The van der Waals surface area contributed by atoms with E-state index in [-0.39, 0.29) is 17.7 Å². The third-order valence-corrected chi connectivity index (χ3v) is 5.92. The Morgan fingerprint density at radius 2 is 2.08 bits per heavy atom. The molecule has 0 aromatic carbocycles. The van der Waals surface area contributed by atoms with Gasteiger partial charge in [0.25, 0.3) is 5.56 Å². The quantitative estimate of drug-likeness (QED) is 0.767. The summed E-state index contributed by atoms with van der Waals surface area (Å²) in [4.78, 5) is 32.1. The zero-order valence-electron chi connectivity index (χ0n) is 14.5. The van der Waals surface area contributed by atoms with Gasteiger partial charge < -0.3 is 14.6 Å². The number of hydrogen-bond acceptors (Lipinski definition) is 5. The molecule has 0 saturated heterocycles. The number of nitrogens with zero attached hydrogens (tertiary/aromatic N) is 2. The first kappa shape index (κ1) is 16.8. The SMILES string of the molecule is CC(C)(C)OC(=O)N1CCc2c(sc3[nH]c(=S)n(C4CC4)c(=O)c23)C1. The van der Waals surface area contributed by atoms with Crippen molar-refractivity contribution in [1.29, 1.82) is 0 Å². The van der Waals surface area contributed by atoms with E-state index in [9.17, 15) is 9.59 Å². The van der Waals surface area contributed by atoms with Crippen LogP contribution in [-0.4, -0.2) is 32.7 Å². The Hall–Kier alpha value is -1.67. The van der Waals surface area contributed by atoms with E-state index in [1.54, 1.807) is 9.47 Å². The van der Waals surface area contributed by atoms with E-state index in [1.165, 1.54) is 11.3 Å². The number of H-pyrrole nitrogens is 1. The maximum Gasteiger partial charge on any atom is 0.410 e. The van der Waals surface area contributed by atoms with Crippen LogP contribution in [0.15, 0.2) is 4.79 Å². The third kappa shape index (κ3) is 3.01. The van der Waals surface area contributed by atoms with E-state index in [0.29, 0.717) is 24.3 Å².